The van der Waals surface area contributed by atoms with Gasteiger partial charge in [0.2, 0.25) is 5.95 Å². The molecule has 0 saturated carbocycles. The molecule has 7 heteroatoms. The highest BCUT2D eigenvalue weighted by molar-refractivity contribution is 9.10. The van der Waals surface area contributed by atoms with Crippen LogP contribution in [0.15, 0.2) is 10.7 Å². The van der Waals surface area contributed by atoms with E-state index in [2.05, 4.69) is 36.5 Å². The minimum absolute atomic E-state index is 0.187. The molecule has 0 radical (unpaired) electrons. The van der Waals surface area contributed by atoms with E-state index in [1.54, 1.807) is 19.5 Å². The predicted molar refractivity (Wildman–Crippen MR) is 75.9 cm³/mol. The highest BCUT2D eigenvalue weighted by Crippen LogP contribution is 2.19. The number of anilines is 2. The minimum atomic E-state index is -0.776. The molecule has 0 spiro atoms. The summed E-state index contributed by atoms with van der Waals surface area (Å²) in [6.45, 7) is 2.71. The zero-order chi connectivity index (χ0) is 12.8. The van der Waals surface area contributed by atoms with Crippen molar-refractivity contribution in [2.45, 2.75) is 18.6 Å². The van der Waals surface area contributed by atoms with Gasteiger partial charge in [0.15, 0.2) is 0 Å². The van der Waals surface area contributed by atoms with Crippen LogP contribution in [0.3, 0.4) is 0 Å². The maximum atomic E-state index is 11.2. The molecular weight excluding hydrogens is 304 g/mol. The van der Waals surface area contributed by atoms with Crippen LogP contribution in [0.5, 0.6) is 0 Å². The number of aromatic nitrogens is 2. The fourth-order valence-corrected chi connectivity index (χ4v) is 1.95. The fourth-order valence-electron chi connectivity index (χ4n) is 1.17. The second-order valence-electron chi connectivity index (χ2n) is 3.66. The second kappa shape index (κ2) is 6.90. The summed E-state index contributed by atoms with van der Waals surface area (Å²) in [5.41, 5.74) is 0. The molecule has 1 rings (SSSR count). The molecule has 0 aliphatic rings. The lowest BCUT2D eigenvalue weighted by atomic mass is 10.3. The minimum Gasteiger partial charge on any atom is -0.369 e. The first-order chi connectivity index (χ1) is 8.04. The maximum absolute atomic E-state index is 11.2. The van der Waals surface area contributed by atoms with Crippen molar-refractivity contribution in [2.75, 3.05) is 30.5 Å². The van der Waals surface area contributed by atoms with E-state index in [-0.39, 0.29) is 5.25 Å². The number of rotatable bonds is 6. The molecule has 2 N–H and O–H groups in total. The molecular formula is C10H17BrN4OS. The third kappa shape index (κ3) is 4.59. The van der Waals surface area contributed by atoms with Gasteiger partial charge in [0.1, 0.15) is 5.82 Å². The van der Waals surface area contributed by atoms with Crippen LogP contribution in [0, 0.1) is 0 Å². The Bertz CT molecular complexity index is 402. The predicted octanol–water partition coefficient (Wildman–Crippen LogP) is 1.85. The molecule has 0 saturated heterocycles. The SMILES string of the molecule is CNc1ncc(Br)c(NCCC(C)S(C)=O)n1. The quantitative estimate of drug-likeness (QED) is 0.837. The van der Waals surface area contributed by atoms with Gasteiger partial charge < -0.3 is 10.6 Å². The highest BCUT2D eigenvalue weighted by Gasteiger charge is 2.07. The van der Waals surface area contributed by atoms with Gasteiger partial charge in [-0.2, -0.15) is 4.98 Å². The van der Waals surface area contributed by atoms with Crippen LogP contribution in [-0.4, -0.2) is 39.3 Å². The van der Waals surface area contributed by atoms with Crippen molar-refractivity contribution in [3.8, 4) is 0 Å². The molecule has 0 bridgehead atoms. The fraction of sp³-hybridized carbons (Fsp3) is 0.600. The van der Waals surface area contributed by atoms with E-state index in [0.29, 0.717) is 5.95 Å². The molecule has 0 aromatic carbocycles. The molecule has 2 unspecified atom stereocenters. The van der Waals surface area contributed by atoms with E-state index in [1.807, 2.05) is 6.92 Å². The van der Waals surface area contributed by atoms with E-state index >= 15 is 0 Å². The molecule has 0 fully saturated rings. The lowest BCUT2D eigenvalue weighted by Gasteiger charge is -2.11. The van der Waals surface area contributed by atoms with Crippen molar-refractivity contribution < 1.29 is 4.21 Å². The number of hydrogen-bond acceptors (Lipinski definition) is 5. The number of hydrogen-bond donors (Lipinski definition) is 2. The first-order valence-electron chi connectivity index (χ1n) is 5.31. The van der Waals surface area contributed by atoms with Gasteiger partial charge in [-0.25, -0.2) is 4.98 Å². The number of nitrogens with zero attached hydrogens (tertiary/aromatic N) is 2. The Hall–Kier alpha value is -0.690. The van der Waals surface area contributed by atoms with E-state index in [9.17, 15) is 4.21 Å². The summed E-state index contributed by atoms with van der Waals surface area (Å²) in [4.78, 5) is 8.35. The van der Waals surface area contributed by atoms with Crippen molar-refractivity contribution in [3.63, 3.8) is 0 Å². The molecule has 1 aromatic heterocycles. The van der Waals surface area contributed by atoms with Gasteiger partial charge in [0, 0.05) is 42.1 Å². The van der Waals surface area contributed by atoms with Crippen LogP contribution in [-0.2, 0) is 10.8 Å². The molecule has 0 aliphatic heterocycles. The first kappa shape index (κ1) is 14.4. The van der Waals surface area contributed by atoms with Crippen molar-refractivity contribution >= 4 is 38.5 Å². The van der Waals surface area contributed by atoms with Crippen molar-refractivity contribution in [1.29, 1.82) is 0 Å². The average molecular weight is 321 g/mol. The smallest absolute Gasteiger partial charge is 0.224 e. The average Bonchev–Trinajstić information content (AvgIpc) is 2.31. The highest BCUT2D eigenvalue weighted by atomic mass is 79.9. The Kier molecular flexibility index (Phi) is 5.84. The molecule has 0 amide bonds. The molecule has 1 aromatic rings. The lowest BCUT2D eigenvalue weighted by Crippen LogP contribution is -2.15. The van der Waals surface area contributed by atoms with Crippen molar-refractivity contribution in [1.82, 2.24) is 9.97 Å². The topological polar surface area (TPSA) is 66.9 Å². The Morgan fingerprint density at radius 2 is 2.29 bits per heavy atom. The summed E-state index contributed by atoms with van der Waals surface area (Å²) in [6.07, 6.45) is 4.27. The third-order valence-corrected chi connectivity index (χ3v) is 4.33. The van der Waals surface area contributed by atoms with E-state index in [1.165, 1.54) is 0 Å². The van der Waals surface area contributed by atoms with Gasteiger partial charge in [0.05, 0.1) is 4.47 Å². The monoisotopic (exact) mass is 320 g/mol. The molecule has 2 atom stereocenters. The Balaban J connectivity index is 2.54. The van der Waals surface area contributed by atoms with Crippen LogP contribution in [0.2, 0.25) is 0 Å². The summed E-state index contributed by atoms with van der Waals surface area (Å²) in [5, 5.41) is 6.27. The molecule has 0 aliphatic carbocycles. The summed E-state index contributed by atoms with van der Waals surface area (Å²) in [7, 11) is 0.997. The van der Waals surface area contributed by atoms with Gasteiger partial charge in [-0.3, -0.25) is 4.21 Å². The first-order valence-corrected chi connectivity index (χ1v) is 7.72. The van der Waals surface area contributed by atoms with Gasteiger partial charge >= 0.3 is 0 Å². The summed E-state index contributed by atoms with van der Waals surface area (Å²) < 4.78 is 12.0. The van der Waals surface area contributed by atoms with Crippen LogP contribution >= 0.6 is 15.9 Å². The number of nitrogens with one attached hydrogen (secondary N) is 2. The van der Waals surface area contributed by atoms with Crippen LogP contribution in [0.25, 0.3) is 0 Å². The zero-order valence-corrected chi connectivity index (χ0v) is 12.6. The molecule has 1 heterocycles. The number of halogens is 1. The molecule has 96 valence electrons. The van der Waals surface area contributed by atoms with Gasteiger partial charge in [-0.1, -0.05) is 6.92 Å². The largest absolute Gasteiger partial charge is 0.369 e. The van der Waals surface area contributed by atoms with E-state index < -0.39 is 10.8 Å². The lowest BCUT2D eigenvalue weighted by molar-refractivity contribution is 0.672. The summed E-state index contributed by atoms with van der Waals surface area (Å²) >= 11 is 3.38. The van der Waals surface area contributed by atoms with Gasteiger partial charge in [0.25, 0.3) is 0 Å². The molecule has 5 nitrogen and oxygen atoms in total. The van der Waals surface area contributed by atoms with Crippen LogP contribution < -0.4 is 10.6 Å². The third-order valence-electron chi connectivity index (χ3n) is 2.38. The van der Waals surface area contributed by atoms with Crippen LogP contribution in [0.1, 0.15) is 13.3 Å². The zero-order valence-electron chi connectivity index (χ0n) is 10.2. The van der Waals surface area contributed by atoms with Crippen molar-refractivity contribution in [2.24, 2.45) is 0 Å². The maximum Gasteiger partial charge on any atom is 0.224 e. The summed E-state index contributed by atoms with van der Waals surface area (Å²) in [5.74, 6) is 1.32. The molecule has 17 heavy (non-hydrogen) atoms. The van der Waals surface area contributed by atoms with Crippen LogP contribution in [0.4, 0.5) is 11.8 Å². The van der Waals surface area contributed by atoms with E-state index in [4.69, 9.17) is 0 Å². The van der Waals surface area contributed by atoms with Crippen molar-refractivity contribution in [3.05, 3.63) is 10.7 Å². The van der Waals surface area contributed by atoms with Gasteiger partial charge in [-0.15, -0.1) is 0 Å². The van der Waals surface area contributed by atoms with E-state index in [0.717, 1.165) is 23.3 Å². The normalized spacial score (nSPS) is 14.1. The Labute approximate surface area is 112 Å². The van der Waals surface area contributed by atoms with Gasteiger partial charge in [-0.05, 0) is 22.4 Å². The Morgan fingerprint density at radius 3 is 2.88 bits per heavy atom. The summed E-state index contributed by atoms with van der Waals surface area (Å²) in [6, 6.07) is 0. The standard InChI is InChI=1S/C10H17BrN4OS/c1-7(17(3)16)4-5-13-9-8(11)6-14-10(12-2)15-9/h6-7H,4-5H2,1-3H3,(H2,12,13,14,15). The Morgan fingerprint density at radius 1 is 1.59 bits per heavy atom. The second-order valence-corrected chi connectivity index (χ2v) is 6.32.